The predicted octanol–water partition coefficient (Wildman–Crippen LogP) is 5.70. The second-order valence-corrected chi connectivity index (χ2v) is 9.53. The van der Waals surface area contributed by atoms with Crippen LogP contribution in [0.5, 0.6) is 0 Å². The van der Waals surface area contributed by atoms with E-state index in [1.54, 1.807) is 0 Å². The van der Waals surface area contributed by atoms with Gasteiger partial charge in [0.15, 0.2) is 6.29 Å². The summed E-state index contributed by atoms with van der Waals surface area (Å²) in [5.41, 5.74) is 0. The average Bonchev–Trinajstić information content (AvgIpc) is 3.07. The van der Waals surface area contributed by atoms with E-state index in [4.69, 9.17) is 14.6 Å². The highest BCUT2D eigenvalue weighted by Crippen LogP contribution is 2.40. The van der Waals surface area contributed by atoms with E-state index in [9.17, 15) is 23.2 Å². The summed E-state index contributed by atoms with van der Waals surface area (Å²) in [6.45, 7) is 2.42. The van der Waals surface area contributed by atoms with E-state index in [0.717, 1.165) is 38.5 Å². The lowest BCUT2D eigenvalue weighted by Gasteiger charge is -2.30. The van der Waals surface area contributed by atoms with Gasteiger partial charge in [0.2, 0.25) is 5.78 Å². The van der Waals surface area contributed by atoms with Crippen LogP contribution in [0.2, 0.25) is 0 Å². The Hall–Kier alpha value is -1.41. The first-order valence-electron chi connectivity index (χ1n) is 12.7. The lowest BCUT2D eigenvalue weighted by atomic mass is 9.84. The fourth-order valence-electron chi connectivity index (χ4n) is 4.94. The largest absolute Gasteiger partial charge is 0.481 e. The molecule has 2 fully saturated rings. The molecule has 1 saturated carbocycles. The zero-order chi connectivity index (χ0) is 24.3. The average molecular weight is 475 g/mol. The highest BCUT2D eigenvalue weighted by atomic mass is 19.3. The van der Waals surface area contributed by atoms with Crippen molar-refractivity contribution in [3.8, 4) is 0 Å². The number of hydrogen-bond acceptors (Lipinski definition) is 5. The van der Waals surface area contributed by atoms with Crippen LogP contribution in [0.25, 0.3) is 0 Å². The lowest BCUT2D eigenvalue weighted by molar-refractivity contribution is -0.196. The number of unbranched alkanes of at least 4 members (excludes halogenated alkanes) is 4. The van der Waals surface area contributed by atoms with Gasteiger partial charge in [-0.05, 0) is 50.9 Å². The maximum absolute atomic E-state index is 14.2. The molecule has 0 radical (unpaired) electrons. The lowest BCUT2D eigenvalue weighted by Crippen LogP contribution is -2.33. The van der Waals surface area contributed by atoms with Gasteiger partial charge in [0.1, 0.15) is 5.78 Å². The fourth-order valence-corrected chi connectivity index (χ4v) is 4.94. The zero-order valence-electron chi connectivity index (χ0n) is 19.9. The number of halogens is 2. The summed E-state index contributed by atoms with van der Waals surface area (Å²) in [6, 6.07) is 0. The van der Waals surface area contributed by atoms with E-state index >= 15 is 0 Å². The molecule has 1 aliphatic heterocycles. The van der Waals surface area contributed by atoms with E-state index in [-0.39, 0.29) is 49.6 Å². The molecular formula is C25H40F2O6. The third kappa shape index (κ3) is 9.39. The van der Waals surface area contributed by atoms with Gasteiger partial charge in [-0.3, -0.25) is 14.4 Å². The van der Waals surface area contributed by atoms with Gasteiger partial charge in [0.25, 0.3) is 0 Å². The van der Waals surface area contributed by atoms with E-state index in [1.807, 2.05) is 6.92 Å². The SMILES string of the molecule is CCCCC(F)(F)C(=O)CC[C@H]1[C@H](OC2CCCCO2)CC(=O)[C@@H]1CCCCCCC(=O)O. The molecule has 1 saturated heterocycles. The van der Waals surface area contributed by atoms with Crippen molar-refractivity contribution >= 4 is 17.5 Å². The first kappa shape index (κ1) is 27.8. The van der Waals surface area contributed by atoms with Gasteiger partial charge in [0.05, 0.1) is 6.10 Å². The van der Waals surface area contributed by atoms with E-state index in [0.29, 0.717) is 32.3 Å². The molecule has 0 spiro atoms. The zero-order valence-corrected chi connectivity index (χ0v) is 19.9. The first-order valence-corrected chi connectivity index (χ1v) is 12.7. The molecule has 1 N–H and O–H groups in total. The molecular weight excluding hydrogens is 434 g/mol. The third-order valence-electron chi connectivity index (χ3n) is 6.89. The molecule has 0 aromatic carbocycles. The Kier molecular flexibility index (Phi) is 11.9. The molecule has 2 aliphatic rings. The van der Waals surface area contributed by atoms with Gasteiger partial charge in [-0.15, -0.1) is 0 Å². The minimum atomic E-state index is -3.32. The molecule has 33 heavy (non-hydrogen) atoms. The van der Waals surface area contributed by atoms with E-state index in [2.05, 4.69) is 0 Å². The number of ketones is 2. The van der Waals surface area contributed by atoms with Gasteiger partial charge >= 0.3 is 11.9 Å². The number of carboxylic acid groups (broad SMARTS) is 1. The van der Waals surface area contributed by atoms with Crippen LogP contribution in [-0.2, 0) is 23.9 Å². The Balaban J connectivity index is 1.95. The van der Waals surface area contributed by atoms with Crippen molar-refractivity contribution < 1.29 is 37.7 Å². The van der Waals surface area contributed by atoms with Crippen molar-refractivity contribution in [1.29, 1.82) is 0 Å². The Morgan fingerprint density at radius 3 is 2.52 bits per heavy atom. The summed E-state index contributed by atoms with van der Waals surface area (Å²) in [7, 11) is 0. The van der Waals surface area contributed by atoms with Crippen molar-refractivity contribution in [3.05, 3.63) is 0 Å². The number of hydrogen-bond donors (Lipinski definition) is 1. The van der Waals surface area contributed by atoms with Crippen molar-refractivity contribution in [3.63, 3.8) is 0 Å². The number of aliphatic carboxylic acids is 1. The summed E-state index contributed by atoms with van der Waals surface area (Å²) in [5.74, 6) is -5.69. The van der Waals surface area contributed by atoms with Crippen LogP contribution in [0.3, 0.4) is 0 Å². The van der Waals surface area contributed by atoms with Gasteiger partial charge in [-0.1, -0.05) is 32.6 Å². The molecule has 6 nitrogen and oxygen atoms in total. The second kappa shape index (κ2) is 14.1. The Bertz CT molecular complexity index is 632. The Morgan fingerprint density at radius 1 is 1.09 bits per heavy atom. The third-order valence-corrected chi connectivity index (χ3v) is 6.89. The molecule has 1 aliphatic carbocycles. The highest BCUT2D eigenvalue weighted by molar-refractivity contribution is 5.86. The smallest absolute Gasteiger partial charge is 0.305 e. The van der Waals surface area contributed by atoms with E-state index < -0.39 is 30.2 Å². The number of carbonyl (C=O) groups excluding carboxylic acids is 2. The molecule has 1 heterocycles. The van der Waals surface area contributed by atoms with Crippen LogP contribution in [0, 0.1) is 11.8 Å². The first-order chi connectivity index (χ1) is 15.7. The summed E-state index contributed by atoms with van der Waals surface area (Å²) in [6.07, 6.45) is 6.29. The van der Waals surface area contributed by atoms with Crippen LogP contribution in [0.15, 0.2) is 0 Å². The number of ether oxygens (including phenoxy) is 2. The van der Waals surface area contributed by atoms with Crippen LogP contribution < -0.4 is 0 Å². The summed E-state index contributed by atoms with van der Waals surface area (Å²) >= 11 is 0. The predicted molar refractivity (Wildman–Crippen MR) is 119 cm³/mol. The number of carboxylic acids is 1. The molecule has 0 aromatic heterocycles. The topological polar surface area (TPSA) is 89.9 Å². The summed E-state index contributed by atoms with van der Waals surface area (Å²) in [4.78, 5) is 35.7. The van der Waals surface area contributed by atoms with Gasteiger partial charge < -0.3 is 14.6 Å². The van der Waals surface area contributed by atoms with Crippen molar-refractivity contribution in [1.82, 2.24) is 0 Å². The summed E-state index contributed by atoms with van der Waals surface area (Å²) < 4.78 is 40.2. The minimum Gasteiger partial charge on any atom is -0.481 e. The van der Waals surface area contributed by atoms with Gasteiger partial charge in [-0.2, -0.15) is 8.78 Å². The fraction of sp³-hybridized carbons (Fsp3) is 0.880. The van der Waals surface area contributed by atoms with Crippen LogP contribution >= 0.6 is 0 Å². The molecule has 1 unspecified atom stereocenters. The van der Waals surface area contributed by atoms with Crippen LogP contribution in [-0.4, -0.2) is 47.6 Å². The monoisotopic (exact) mass is 474 g/mol. The number of alkyl halides is 2. The maximum atomic E-state index is 14.2. The molecule has 2 rings (SSSR count). The van der Waals surface area contributed by atoms with Gasteiger partial charge in [0, 0.05) is 38.2 Å². The van der Waals surface area contributed by atoms with Crippen LogP contribution in [0.1, 0.15) is 103 Å². The number of Topliss-reactive ketones (excluding diaryl/α,β-unsaturated/α-hetero) is 2. The molecule has 190 valence electrons. The molecule has 8 heteroatoms. The number of rotatable bonds is 16. The molecule has 0 bridgehead atoms. The Labute approximate surface area is 195 Å². The van der Waals surface area contributed by atoms with Crippen LogP contribution in [0.4, 0.5) is 8.78 Å². The van der Waals surface area contributed by atoms with Crippen molar-refractivity contribution in [2.24, 2.45) is 11.8 Å². The highest BCUT2D eigenvalue weighted by Gasteiger charge is 2.45. The number of carbonyl (C=O) groups is 3. The van der Waals surface area contributed by atoms with E-state index in [1.165, 1.54) is 0 Å². The molecule has 0 aromatic rings. The minimum absolute atomic E-state index is 0.0662. The van der Waals surface area contributed by atoms with Gasteiger partial charge in [-0.25, -0.2) is 0 Å². The second-order valence-electron chi connectivity index (χ2n) is 9.53. The standard InChI is InChI=1S/C25H40F2O6/c1-2-3-15-25(26,27)22(29)14-13-19-18(10-6-4-5-7-11-23(30)31)20(28)17-21(19)33-24-12-8-9-16-32-24/h18-19,21,24H,2-17H2,1H3,(H,30,31)/t18-,19-,21-,24?/m1/s1. The van der Waals surface area contributed by atoms with Crippen molar-refractivity contribution in [2.75, 3.05) is 6.61 Å². The molecule has 4 atom stereocenters. The summed E-state index contributed by atoms with van der Waals surface area (Å²) in [5, 5.41) is 8.73. The Morgan fingerprint density at radius 2 is 1.85 bits per heavy atom. The van der Waals surface area contributed by atoms with Crippen molar-refractivity contribution in [2.45, 2.75) is 122 Å². The molecule has 0 amide bonds. The quantitative estimate of drug-likeness (QED) is 0.289. The maximum Gasteiger partial charge on any atom is 0.305 e. The normalized spacial score (nSPS) is 26.0.